The van der Waals surface area contributed by atoms with Crippen molar-refractivity contribution in [1.29, 1.82) is 0 Å². The van der Waals surface area contributed by atoms with E-state index in [1.165, 1.54) is 6.92 Å². The Morgan fingerprint density at radius 3 is 2.58 bits per heavy atom. The molecule has 0 radical (unpaired) electrons. The van der Waals surface area contributed by atoms with Gasteiger partial charge in [0.05, 0.1) is 11.3 Å². The van der Waals surface area contributed by atoms with Crippen LogP contribution in [0.4, 0.5) is 0 Å². The standard InChI is InChI=1S/C11H15NO6S/c1-3-19(16,17)6-7(2)12-10(13)9-4-8(5-18-9)11(14)15/h4-5,7H,3,6H2,1-2H3,(H,12,13)(H,14,15). The van der Waals surface area contributed by atoms with Crippen LogP contribution < -0.4 is 5.32 Å². The minimum Gasteiger partial charge on any atom is -0.478 e. The second-order valence-corrected chi connectivity index (χ2v) is 6.48. The van der Waals surface area contributed by atoms with Crippen LogP contribution in [0, 0.1) is 0 Å². The maximum absolute atomic E-state index is 11.7. The molecule has 0 spiro atoms. The lowest BCUT2D eigenvalue weighted by Crippen LogP contribution is -2.37. The molecule has 1 unspecified atom stereocenters. The van der Waals surface area contributed by atoms with Gasteiger partial charge in [-0.1, -0.05) is 6.92 Å². The van der Waals surface area contributed by atoms with Crippen LogP contribution in [0.3, 0.4) is 0 Å². The monoisotopic (exact) mass is 289 g/mol. The minimum absolute atomic E-state index is 0.00285. The van der Waals surface area contributed by atoms with E-state index in [4.69, 9.17) is 9.52 Å². The number of furan rings is 1. The molecule has 0 aliphatic rings. The molecule has 1 rings (SSSR count). The first-order valence-electron chi connectivity index (χ1n) is 5.58. The lowest BCUT2D eigenvalue weighted by atomic mass is 10.3. The number of carboxylic acids is 1. The van der Waals surface area contributed by atoms with E-state index in [1.54, 1.807) is 6.92 Å². The van der Waals surface area contributed by atoms with Crippen molar-refractivity contribution < 1.29 is 27.5 Å². The third-order valence-corrected chi connectivity index (χ3v) is 4.28. The summed E-state index contributed by atoms with van der Waals surface area (Å²) in [7, 11) is -3.19. The van der Waals surface area contributed by atoms with E-state index in [0.717, 1.165) is 12.3 Å². The van der Waals surface area contributed by atoms with E-state index in [2.05, 4.69) is 5.32 Å². The molecule has 1 aromatic heterocycles. The highest BCUT2D eigenvalue weighted by Crippen LogP contribution is 2.08. The Bertz CT molecular complexity index is 574. The first kappa shape index (κ1) is 15.2. The molecule has 0 saturated heterocycles. The highest BCUT2D eigenvalue weighted by atomic mass is 32.2. The lowest BCUT2D eigenvalue weighted by Gasteiger charge is -2.12. The van der Waals surface area contributed by atoms with Gasteiger partial charge in [-0.3, -0.25) is 4.79 Å². The molecule has 1 atom stereocenters. The molecule has 19 heavy (non-hydrogen) atoms. The van der Waals surface area contributed by atoms with Crippen LogP contribution in [0.1, 0.15) is 34.8 Å². The van der Waals surface area contributed by atoms with Crippen molar-refractivity contribution in [2.75, 3.05) is 11.5 Å². The smallest absolute Gasteiger partial charge is 0.338 e. The summed E-state index contributed by atoms with van der Waals surface area (Å²) in [5.74, 6) is -2.20. The largest absolute Gasteiger partial charge is 0.478 e. The van der Waals surface area contributed by atoms with Crippen LogP contribution in [-0.2, 0) is 9.84 Å². The Labute approximate surface area is 110 Å². The number of aromatic carboxylic acids is 1. The van der Waals surface area contributed by atoms with E-state index in [1.807, 2.05) is 0 Å². The number of amides is 1. The third-order valence-electron chi connectivity index (χ3n) is 2.39. The number of hydrogen-bond acceptors (Lipinski definition) is 5. The van der Waals surface area contributed by atoms with Gasteiger partial charge in [0.15, 0.2) is 15.6 Å². The first-order valence-corrected chi connectivity index (χ1v) is 7.40. The summed E-state index contributed by atoms with van der Waals surface area (Å²) in [6.45, 7) is 3.07. The van der Waals surface area contributed by atoms with Gasteiger partial charge in [0, 0.05) is 17.9 Å². The van der Waals surface area contributed by atoms with Gasteiger partial charge >= 0.3 is 5.97 Å². The van der Waals surface area contributed by atoms with Crippen LogP contribution in [0.25, 0.3) is 0 Å². The number of rotatable bonds is 6. The Hall–Kier alpha value is -1.83. The maximum atomic E-state index is 11.7. The minimum atomic E-state index is -3.19. The molecule has 7 nitrogen and oxygen atoms in total. The average molecular weight is 289 g/mol. The summed E-state index contributed by atoms with van der Waals surface area (Å²) in [6.07, 6.45) is 0.949. The van der Waals surface area contributed by atoms with Crippen LogP contribution in [0.5, 0.6) is 0 Å². The van der Waals surface area contributed by atoms with Crippen LogP contribution >= 0.6 is 0 Å². The fourth-order valence-corrected chi connectivity index (χ4v) is 2.48. The number of sulfone groups is 1. The molecule has 0 aliphatic heterocycles. The normalized spacial score (nSPS) is 12.9. The van der Waals surface area contributed by atoms with Crippen molar-refractivity contribution >= 4 is 21.7 Å². The number of nitrogens with one attached hydrogen (secondary N) is 1. The molecular weight excluding hydrogens is 274 g/mol. The zero-order valence-electron chi connectivity index (χ0n) is 10.5. The summed E-state index contributed by atoms with van der Waals surface area (Å²) in [5.41, 5.74) is -0.140. The van der Waals surface area contributed by atoms with E-state index >= 15 is 0 Å². The zero-order valence-corrected chi connectivity index (χ0v) is 11.4. The summed E-state index contributed by atoms with van der Waals surface area (Å²) < 4.78 is 27.5. The highest BCUT2D eigenvalue weighted by molar-refractivity contribution is 7.91. The van der Waals surface area contributed by atoms with Crippen molar-refractivity contribution in [3.05, 3.63) is 23.7 Å². The Morgan fingerprint density at radius 2 is 2.11 bits per heavy atom. The van der Waals surface area contributed by atoms with Gasteiger partial charge in [-0.15, -0.1) is 0 Å². The molecular formula is C11H15NO6S. The molecule has 0 aliphatic carbocycles. The van der Waals surface area contributed by atoms with Gasteiger partial charge in [-0.05, 0) is 6.92 Å². The molecule has 1 amide bonds. The predicted molar refractivity (Wildman–Crippen MR) is 66.9 cm³/mol. The Kier molecular flexibility index (Phi) is 4.71. The van der Waals surface area contributed by atoms with Crippen LogP contribution in [0.15, 0.2) is 16.7 Å². The number of carboxylic acid groups (broad SMARTS) is 1. The SMILES string of the molecule is CCS(=O)(=O)CC(C)NC(=O)c1cc(C(=O)O)co1. The topological polar surface area (TPSA) is 114 Å². The number of carbonyl (C=O) groups excluding carboxylic acids is 1. The van der Waals surface area contributed by atoms with Gasteiger partial charge in [-0.25, -0.2) is 13.2 Å². The van der Waals surface area contributed by atoms with Gasteiger partial charge in [-0.2, -0.15) is 0 Å². The third kappa shape index (κ3) is 4.40. The van der Waals surface area contributed by atoms with Gasteiger partial charge in [0.1, 0.15) is 6.26 Å². The van der Waals surface area contributed by atoms with E-state index in [9.17, 15) is 18.0 Å². The van der Waals surface area contributed by atoms with E-state index in [0.29, 0.717) is 0 Å². The predicted octanol–water partition coefficient (Wildman–Crippen LogP) is 0.531. The van der Waals surface area contributed by atoms with Crippen molar-refractivity contribution in [2.24, 2.45) is 0 Å². The summed E-state index contributed by atoms with van der Waals surface area (Å²) in [4.78, 5) is 22.3. The Morgan fingerprint density at radius 1 is 1.47 bits per heavy atom. The molecule has 2 N–H and O–H groups in total. The van der Waals surface area contributed by atoms with Gasteiger partial charge < -0.3 is 14.8 Å². The van der Waals surface area contributed by atoms with Crippen LogP contribution in [-0.4, -0.2) is 42.9 Å². The molecule has 106 valence electrons. The quantitative estimate of drug-likeness (QED) is 0.789. The summed E-state index contributed by atoms with van der Waals surface area (Å²) in [5, 5.41) is 11.1. The van der Waals surface area contributed by atoms with Crippen molar-refractivity contribution in [1.82, 2.24) is 5.32 Å². The molecule has 0 aromatic carbocycles. The van der Waals surface area contributed by atoms with Gasteiger partial charge in [0.25, 0.3) is 5.91 Å². The molecule has 8 heteroatoms. The van der Waals surface area contributed by atoms with Crippen molar-refractivity contribution in [3.63, 3.8) is 0 Å². The number of carbonyl (C=O) groups is 2. The Balaban J connectivity index is 2.66. The van der Waals surface area contributed by atoms with E-state index < -0.39 is 27.8 Å². The summed E-state index contributed by atoms with van der Waals surface area (Å²) >= 11 is 0. The average Bonchev–Trinajstić information content (AvgIpc) is 2.77. The fourth-order valence-electron chi connectivity index (χ4n) is 1.40. The second kappa shape index (κ2) is 5.87. The molecule has 0 bridgehead atoms. The van der Waals surface area contributed by atoms with Crippen molar-refractivity contribution in [2.45, 2.75) is 19.9 Å². The van der Waals surface area contributed by atoms with Crippen LogP contribution in [0.2, 0.25) is 0 Å². The van der Waals surface area contributed by atoms with Crippen molar-refractivity contribution in [3.8, 4) is 0 Å². The van der Waals surface area contributed by atoms with Gasteiger partial charge in [0.2, 0.25) is 0 Å². The van der Waals surface area contributed by atoms with E-state index in [-0.39, 0.29) is 22.8 Å². The second-order valence-electron chi connectivity index (χ2n) is 4.08. The summed E-state index contributed by atoms with van der Waals surface area (Å²) in [6, 6.07) is 0.495. The molecule has 1 heterocycles. The molecule has 1 aromatic rings. The highest BCUT2D eigenvalue weighted by Gasteiger charge is 2.19. The first-order chi connectivity index (χ1) is 8.75. The molecule has 0 fully saturated rings. The fraction of sp³-hybridized carbons (Fsp3) is 0.455. The number of hydrogen-bond donors (Lipinski definition) is 2. The maximum Gasteiger partial charge on any atom is 0.338 e. The molecule has 0 saturated carbocycles. The lowest BCUT2D eigenvalue weighted by molar-refractivity contribution is 0.0695. The zero-order chi connectivity index (χ0) is 14.6.